The summed E-state index contributed by atoms with van der Waals surface area (Å²) in [6, 6.07) is 11.1. The molecule has 574 valence electrons. The molecule has 6 aliphatic heterocycles. The number of hydrogen-bond donors (Lipinski definition) is 13. The molecule has 106 heavy (non-hydrogen) atoms. The van der Waals surface area contributed by atoms with Crippen molar-refractivity contribution < 1.29 is 146 Å². The lowest BCUT2D eigenvalue weighted by Gasteiger charge is -2.38. The molecular weight excluding hydrogens is 1410 g/mol. The first-order chi connectivity index (χ1) is 50.7. The van der Waals surface area contributed by atoms with Crippen LogP contribution in [0.15, 0.2) is 85.0 Å². The van der Waals surface area contributed by atoms with E-state index in [0.717, 1.165) is 9.80 Å². The molecule has 6 amide bonds. The van der Waals surface area contributed by atoms with Crippen LogP contribution in [0.1, 0.15) is 84.7 Å². The number of nitrogens with one attached hydrogen (secondary N) is 3. The largest absolute Gasteiger partial charge is 0.493 e. The average molecular weight is 1490 g/mol. The minimum atomic E-state index is -2.04. The molecule has 37 nitrogen and oxygen atoms in total. The molecular formula is C69H83N7O30. The number of carbonyl (C=O) groups excluding carboxylic acids is 6. The van der Waals surface area contributed by atoms with Gasteiger partial charge < -0.3 is 128 Å². The summed E-state index contributed by atoms with van der Waals surface area (Å²) in [4.78, 5) is 118. The number of ether oxygens (including phenoxy) is 11. The van der Waals surface area contributed by atoms with Crippen molar-refractivity contribution in [3.63, 3.8) is 0 Å². The normalized spacial score (nSPS) is 25.4. The number of aliphatic hydroxyl groups is 8. The second-order valence-electron chi connectivity index (χ2n) is 25.3. The Kier molecular flexibility index (Phi) is 25.6. The standard InChI is InChI=1S/C69H83N7O30/c1-32-20-42-62(87)75(68(93)100-30-34-10-12-44(38(22-34)58(83)71-14-18-95-4)103-66-54(81)50(77)52(79)56(105-66)64(89)90)40-26-48(46(96-5)24-36(40)60(85)73(42)28-32)98-16-8-7-9-17-99-49-27-41-37(25-47(49)97-6)61(86)74-29-33(2)21-43(74)63(88)76(41)69(94)101-31-35-11-13-45(39(23-35)59(84)72-15-19-102-70-3)104-67-55(82)51(78)53(80)57(106-67)65(91)92/h10-13,22-27,42-43,50-57,62-63,66-67,70,77-82,87-88H,1-2,7-9,14-21,28-31H2,3-6H3,(H,71,83)(H,72,84)(H,89,90)(H,91,92)/t42-,43-,50-,51-,52-,53-,54+,55+,56-,57-,62?,63?,66+,67+/m0/s1. The summed E-state index contributed by atoms with van der Waals surface area (Å²) in [5.41, 5.74) is 3.10. The van der Waals surface area contributed by atoms with Gasteiger partial charge in [-0.25, -0.2) is 34.5 Å². The average Bonchev–Trinajstić information content (AvgIpc) is 1.60. The van der Waals surface area contributed by atoms with Crippen molar-refractivity contribution in [1.29, 1.82) is 0 Å². The Morgan fingerprint density at radius 3 is 1.32 bits per heavy atom. The number of unbranched alkanes of at least 4 members (excludes halogenated alkanes) is 2. The molecule has 0 aliphatic carbocycles. The zero-order chi connectivity index (χ0) is 76.5. The molecule has 10 rings (SSSR count). The van der Waals surface area contributed by atoms with Crippen molar-refractivity contribution >= 4 is 59.1 Å². The first-order valence-corrected chi connectivity index (χ1v) is 33.4. The highest BCUT2D eigenvalue weighted by atomic mass is 16.7. The third-order valence-electron chi connectivity index (χ3n) is 18.2. The Bertz CT molecular complexity index is 3970. The van der Waals surface area contributed by atoms with Crippen LogP contribution >= 0.6 is 0 Å². The lowest BCUT2D eigenvalue weighted by atomic mass is 9.99. The van der Waals surface area contributed by atoms with Gasteiger partial charge in [0.15, 0.2) is 47.7 Å². The Balaban J connectivity index is 0.824. The number of carboxylic acid groups (broad SMARTS) is 2. The Labute approximate surface area is 604 Å². The lowest BCUT2D eigenvalue weighted by molar-refractivity contribution is -0.271. The van der Waals surface area contributed by atoms with Gasteiger partial charge in [0.25, 0.3) is 23.6 Å². The molecule has 0 spiro atoms. The minimum absolute atomic E-state index is 0.00259. The van der Waals surface area contributed by atoms with Gasteiger partial charge >= 0.3 is 24.1 Å². The van der Waals surface area contributed by atoms with Gasteiger partial charge in [-0.1, -0.05) is 36.4 Å². The maximum Gasteiger partial charge on any atom is 0.416 e. The number of anilines is 2. The maximum atomic E-state index is 14.6. The van der Waals surface area contributed by atoms with Crippen molar-refractivity contribution in [3.8, 4) is 34.5 Å². The smallest absolute Gasteiger partial charge is 0.416 e. The number of aliphatic carboxylic acids is 2. The Morgan fingerprint density at radius 2 is 0.934 bits per heavy atom. The zero-order valence-corrected chi connectivity index (χ0v) is 57.8. The number of methoxy groups -OCH3 is 3. The summed E-state index contributed by atoms with van der Waals surface area (Å²) in [7, 11) is 5.58. The van der Waals surface area contributed by atoms with E-state index in [1.165, 1.54) is 98.8 Å². The fourth-order valence-corrected chi connectivity index (χ4v) is 12.8. The van der Waals surface area contributed by atoms with Crippen LogP contribution in [-0.4, -0.2) is 276 Å². The molecule has 6 heterocycles. The van der Waals surface area contributed by atoms with Crippen LogP contribution in [0.3, 0.4) is 0 Å². The van der Waals surface area contributed by atoms with Crippen LogP contribution in [0, 0.1) is 0 Å². The number of carbonyl (C=O) groups is 8. The SMILES string of the molecule is C=C1C[C@H]2C(O)N(C(=O)OCc3ccc(O[C@@H]4O[C@H](C(=O)O)[C@@H](O)[C@H](O)[C@H]4O)c(C(=O)NCCOC)c3)c3cc(OCCCCCOc4cc5c(cc4OC)C(=O)N4CC(=C)C[C@H]4C(O)N5C(=O)OCc4ccc(O[C@@H]5O[C@H](C(=O)O)[C@@H](O)[C@H](O)[C@H]5O)c(C(=O)NCCONC)c4)c(OC)cc3C(=O)N2C1. The topological polar surface area (TPSA) is 499 Å². The van der Waals surface area contributed by atoms with Crippen LogP contribution in [0.2, 0.25) is 0 Å². The van der Waals surface area contributed by atoms with E-state index in [-0.39, 0.29) is 145 Å². The van der Waals surface area contributed by atoms with Gasteiger partial charge in [0.2, 0.25) is 12.6 Å². The van der Waals surface area contributed by atoms with E-state index >= 15 is 0 Å². The molecule has 0 radical (unpaired) electrons. The monoisotopic (exact) mass is 1490 g/mol. The maximum absolute atomic E-state index is 14.6. The highest BCUT2D eigenvalue weighted by molar-refractivity contribution is 6.07. The predicted molar refractivity (Wildman–Crippen MR) is 360 cm³/mol. The number of carboxylic acids is 2. The quantitative estimate of drug-likeness (QED) is 0.0187. The fraction of sp³-hybridized carbons (Fsp3) is 0.478. The number of fused-ring (bicyclic) bond motifs is 4. The number of hydroxylamine groups is 1. The summed E-state index contributed by atoms with van der Waals surface area (Å²) in [5, 5.41) is 111. The fourth-order valence-electron chi connectivity index (χ4n) is 12.8. The first kappa shape index (κ1) is 78.6. The summed E-state index contributed by atoms with van der Waals surface area (Å²) < 4.78 is 62.6. The first-order valence-electron chi connectivity index (χ1n) is 33.4. The van der Waals surface area contributed by atoms with E-state index in [9.17, 15) is 89.4 Å². The van der Waals surface area contributed by atoms with Crippen molar-refractivity contribution in [2.24, 2.45) is 0 Å². The highest BCUT2D eigenvalue weighted by Gasteiger charge is 2.52. The number of aliphatic hydroxyl groups excluding tert-OH is 8. The molecule has 14 atom stereocenters. The van der Waals surface area contributed by atoms with E-state index in [1.807, 2.05) is 0 Å². The van der Waals surface area contributed by atoms with Crippen LogP contribution in [0.5, 0.6) is 34.5 Å². The van der Waals surface area contributed by atoms with Crippen LogP contribution in [0.4, 0.5) is 21.0 Å². The predicted octanol–water partition coefficient (Wildman–Crippen LogP) is -0.377. The van der Waals surface area contributed by atoms with E-state index < -0.39 is 147 Å². The molecule has 0 saturated carbocycles. The van der Waals surface area contributed by atoms with Crippen LogP contribution in [0.25, 0.3) is 0 Å². The molecule has 6 aliphatic rings. The summed E-state index contributed by atoms with van der Waals surface area (Å²) in [6.45, 7) is 7.07. The molecule has 4 aromatic carbocycles. The van der Waals surface area contributed by atoms with E-state index in [4.69, 9.17) is 56.9 Å². The van der Waals surface area contributed by atoms with Crippen molar-refractivity contribution in [2.45, 2.75) is 131 Å². The number of rotatable bonds is 29. The van der Waals surface area contributed by atoms with Crippen molar-refractivity contribution in [1.82, 2.24) is 25.9 Å². The van der Waals surface area contributed by atoms with Crippen LogP contribution in [-0.2, 0) is 51.3 Å². The Morgan fingerprint density at radius 1 is 0.519 bits per heavy atom. The van der Waals surface area contributed by atoms with E-state index in [0.29, 0.717) is 30.4 Å². The lowest BCUT2D eigenvalue weighted by Crippen LogP contribution is -2.61. The second kappa shape index (κ2) is 34.5. The second-order valence-corrected chi connectivity index (χ2v) is 25.3. The van der Waals surface area contributed by atoms with E-state index in [1.54, 1.807) is 0 Å². The number of amides is 6. The molecule has 0 aromatic heterocycles. The van der Waals surface area contributed by atoms with Gasteiger partial charge in [-0.15, -0.1) is 0 Å². The summed E-state index contributed by atoms with van der Waals surface area (Å²) in [5.74, 6) is -6.35. The minimum Gasteiger partial charge on any atom is -0.493 e. The van der Waals surface area contributed by atoms with Gasteiger partial charge in [0.05, 0.1) is 86.4 Å². The van der Waals surface area contributed by atoms with Gasteiger partial charge in [0.1, 0.15) is 61.3 Å². The zero-order valence-electron chi connectivity index (χ0n) is 57.8. The number of benzene rings is 4. The summed E-state index contributed by atoms with van der Waals surface area (Å²) in [6.07, 6.45) is -24.3. The summed E-state index contributed by atoms with van der Waals surface area (Å²) >= 11 is 0. The molecule has 2 unspecified atom stereocenters. The van der Waals surface area contributed by atoms with Gasteiger partial charge in [-0.2, -0.15) is 0 Å². The molecule has 0 bridgehead atoms. The highest BCUT2D eigenvalue weighted by Crippen LogP contribution is 2.45. The molecule has 4 fully saturated rings. The third-order valence-corrected chi connectivity index (χ3v) is 18.2. The van der Waals surface area contributed by atoms with Crippen LogP contribution < -0.4 is 54.3 Å². The van der Waals surface area contributed by atoms with Gasteiger partial charge in [-0.3, -0.25) is 19.2 Å². The Hall–Kier alpha value is -10.0. The molecule has 4 saturated heterocycles. The van der Waals surface area contributed by atoms with Crippen molar-refractivity contribution in [2.75, 3.05) is 90.8 Å². The van der Waals surface area contributed by atoms with E-state index in [2.05, 4.69) is 29.3 Å². The molecule has 4 aromatic rings. The number of hydrogen-bond acceptors (Lipinski definition) is 29. The number of nitrogens with zero attached hydrogens (tertiary/aromatic N) is 4. The van der Waals surface area contributed by atoms with Crippen molar-refractivity contribution in [3.05, 3.63) is 118 Å². The molecule has 37 heteroatoms. The molecule has 13 N–H and O–H groups in total. The third kappa shape index (κ3) is 17.0. The van der Waals surface area contributed by atoms with Gasteiger partial charge in [0, 0.05) is 52.5 Å². The van der Waals surface area contributed by atoms with Gasteiger partial charge in [-0.05, 0) is 79.6 Å².